The number of pyridine rings is 1. The SMILES string of the molecule is CC(CCN(C(=O)O)C(C)(C)C)Cc1nc2cccc(Cl)c2c(=O)n1-c1cncc(F)c1. The summed E-state index contributed by atoms with van der Waals surface area (Å²) in [6, 6.07) is 6.25. The number of fused-ring (bicyclic) bond motifs is 1. The summed E-state index contributed by atoms with van der Waals surface area (Å²) in [5, 5.41) is 10.0. The van der Waals surface area contributed by atoms with Crippen molar-refractivity contribution in [3.63, 3.8) is 0 Å². The van der Waals surface area contributed by atoms with E-state index < -0.39 is 23.0 Å². The first kappa shape index (κ1) is 23.7. The van der Waals surface area contributed by atoms with Crippen molar-refractivity contribution >= 4 is 28.6 Å². The van der Waals surface area contributed by atoms with Crippen molar-refractivity contribution in [2.75, 3.05) is 6.54 Å². The van der Waals surface area contributed by atoms with Crippen LogP contribution in [0.3, 0.4) is 0 Å². The second-order valence-electron chi connectivity index (χ2n) is 8.87. The van der Waals surface area contributed by atoms with Crippen LogP contribution in [0, 0.1) is 11.7 Å². The van der Waals surface area contributed by atoms with Gasteiger partial charge in [-0.1, -0.05) is 24.6 Å². The standard InChI is InChI=1S/C23H26ClFN4O3/c1-14(8-9-28(22(31)32)23(2,3)4)10-19-27-18-7-5-6-17(24)20(18)21(30)29(19)16-11-15(25)12-26-13-16/h5-7,11-14H,8-10H2,1-4H3,(H,31,32). The summed E-state index contributed by atoms with van der Waals surface area (Å²) in [5.41, 5.74) is -0.226. The molecule has 0 radical (unpaired) electrons. The number of amides is 1. The Labute approximate surface area is 190 Å². The lowest BCUT2D eigenvalue weighted by atomic mass is 10.00. The first-order chi connectivity index (χ1) is 15.0. The molecule has 0 saturated carbocycles. The second kappa shape index (κ2) is 9.24. The van der Waals surface area contributed by atoms with Crippen LogP contribution in [0.25, 0.3) is 16.6 Å². The molecule has 0 aliphatic heterocycles. The Morgan fingerprint density at radius 1 is 1.31 bits per heavy atom. The van der Waals surface area contributed by atoms with Gasteiger partial charge >= 0.3 is 6.09 Å². The van der Waals surface area contributed by atoms with Gasteiger partial charge in [0.15, 0.2) is 0 Å². The topological polar surface area (TPSA) is 88.3 Å². The van der Waals surface area contributed by atoms with E-state index in [9.17, 15) is 19.1 Å². The van der Waals surface area contributed by atoms with Gasteiger partial charge in [-0.3, -0.25) is 14.3 Å². The van der Waals surface area contributed by atoms with Crippen LogP contribution in [0.5, 0.6) is 0 Å². The molecule has 1 atom stereocenters. The van der Waals surface area contributed by atoms with Crippen LogP contribution in [-0.2, 0) is 6.42 Å². The van der Waals surface area contributed by atoms with Crippen molar-refractivity contribution in [3.8, 4) is 5.69 Å². The third kappa shape index (κ3) is 5.07. The van der Waals surface area contributed by atoms with E-state index in [0.717, 1.165) is 6.20 Å². The highest BCUT2D eigenvalue weighted by Gasteiger charge is 2.26. The number of carboxylic acid groups (broad SMARTS) is 1. The molecule has 7 nitrogen and oxygen atoms in total. The highest BCUT2D eigenvalue weighted by Crippen LogP contribution is 2.23. The number of hydrogen-bond donors (Lipinski definition) is 1. The van der Waals surface area contributed by atoms with E-state index >= 15 is 0 Å². The Bertz CT molecular complexity index is 1210. The maximum absolute atomic E-state index is 13.9. The second-order valence-corrected chi connectivity index (χ2v) is 9.27. The summed E-state index contributed by atoms with van der Waals surface area (Å²) in [5.74, 6) is -0.146. The van der Waals surface area contributed by atoms with E-state index in [1.165, 1.54) is 21.7 Å². The minimum atomic E-state index is -0.981. The minimum absolute atomic E-state index is 0.00416. The average molecular weight is 461 g/mol. The summed E-state index contributed by atoms with van der Waals surface area (Å²) in [6.45, 7) is 7.83. The molecule has 9 heteroatoms. The van der Waals surface area contributed by atoms with Gasteiger partial charge in [0.2, 0.25) is 0 Å². The normalized spacial score (nSPS) is 12.7. The van der Waals surface area contributed by atoms with Gasteiger partial charge in [-0.2, -0.15) is 0 Å². The zero-order valence-electron chi connectivity index (χ0n) is 18.5. The highest BCUT2D eigenvalue weighted by atomic mass is 35.5. The van der Waals surface area contributed by atoms with E-state index in [-0.39, 0.29) is 22.0 Å². The number of benzene rings is 1. The molecule has 0 spiro atoms. The molecule has 32 heavy (non-hydrogen) atoms. The third-order valence-electron chi connectivity index (χ3n) is 5.28. The molecule has 1 N–H and O–H groups in total. The Morgan fingerprint density at radius 3 is 2.66 bits per heavy atom. The van der Waals surface area contributed by atoms with Gasteiger partial charge < -0.3 is 10.0 Å². The van der Waals surface area contributed by atoms with Gasteiger partial charge in [0.25, 0.3) is 5.56 Å². The van der Waals surface area contributed by atoms with Crippen LogP contribution < -0.4 is 5.56 Å². The quantitative estimate of drug-likeness (QED) is 0.564. The molecule has 0 saturated heterocycles. The van der Waals surface area contributed by atoms with Crippen molar-refractivity contribution in [1.29, 1.82) is 0 Å². The van der Waals surface area contributed by atoms with Crippen LogP contribution >= 0.6 is 11.6 Å². The van der Waals surface area contributed by atoms with Crippen molar-refractivity contribution in [2.24, 2.45) is 5.92 Å². The molecular formula is C23H26ClFN4O3. The average Bonchev–Trinajstić information content (AvgIpc) is 2.66. The Balaban J connectivity index is 2.01. The lowest BCUT2D eigenvalue weighted by Gasteiger charge is -2.34. The fourth-order valence-electron chi connectivity index (χ4n) is 3.64. The molecule has 1 aromatic carbocycles. The summed E-state index contributed by atoms with van der Waals surface area (Å²) in [6.07, 6.45) is 2.42. The Hall–Kier alpha value is -3.00. The predicted molar refractivity (Wildman–Crippen MR) is 122 cm³/mol. The van der Waals surface area contributed by atoms with E-state index in [1.807, 2.05) is 27.7 Å². The first-order valence-electron chi connectivity index (χ1n) is 10.3. The Morgan fingerprint density at radius 2 is 2.03 bits per heavy atom. The number of hydrogen-bond acceptors (Lipinski definition) is 4. The van der Waals surface area contributed by atoms with E-state index in [0.29, 0.717) is 30.7 Å². The minimum Gasteiger partial charge on any atom is -0.465 e. The number of carbonyl (C=O) groups is 1. The fraction of sp³-hybridized carbons (Fsp3) is 0.391. The number of halogens is 2. The van der Waals surface area contributed by atoms with E-state index in [1.54, 1.807) is 18.2 Å². The van der Waals surface area contributed by atoms with Crippen LogP contribution in [-0.4, -0.2) is 42.7 Å². The monoisotopic (exact) mass is 460 g/mol. The molecule has 2 aromatic heterocycles. The molecule has 0 aliphatic carbocycles. The molecule has 0 aliphatic rings. The molecule has 170 valence electrons. The van der Waals surface area contributed by atoms with Gasteiger partial charge in [0.1, 0.15) is 11.6 Å². The van der Waals surface area contributed by atoms with Crippen molar-refractivity contribution in [1.82, 2.24) is 19.4 Å². The lowest BCUT2D eigenvalue weighted by Crippen LogP contribution is -2.45. The van der Waals surface area contributed by atoms with Gasteiger partial charge in [0, 0.05) is 24.6 Å². The molecule has 3 aromatic rings. The lowest BCUT2D eigenvalue weighted by molar-refractivity contribution is 0.0965. The van der Waals surface area contributed by atoms with Crippen LogP contribution in [0.4, 0.5) is 9.18 Å². The van der Waals surface area contributed by atoms with Crippen molar-refractivity contribution < 1.29 is 14.3 Å². The van der Waals surface area contributed by atoms with Crippen molar-refractivity contribution in [3.05, 3.63) is 63.7 Å². The zero-order chi connectivity index (χ0) is 23.6. The maximum Gasteiger partial charge on any atom is 0.407 e. The molecule has 1 amide bonds. The summed E-state index contributed by atoms with van der Waals surface area (Å²) >= 11 is 6.26. The van der Waals surface area contributed by atoms with Crippen LogP contribution in [0.1, 0.15) is 39.9 Å². The number of aromatic nitrogens is 3. The smallest absolute Gasteiger partial charge is 0.407 e. The number of rotatable bonds is 6. The molecular weight excluding hydrogens is 435 g/mol. The molecule has 1 unspecified atom stereocenters. The summed E-state index contributed by atoms with van der Waals surface area (Å²) < 4.78 is 15.2. The number of nitrogens with zero attached hydrogens (tertiary/aromatic N) is 4. The summed E-state index contributed by atoms with van der Waals surface area (Å²) in [7, 11) is 0. The summed E-state index contributed by atoms with van der Waals surface area (Å²) in [4.78, 5) is 34.9. The van der Waals surface area contributed by atoms with Crippen LogP contribution in [0.15, 0.2) is 41.5 Å². The molecule has 0 bridgehead atoms. The highest BCUT2D eigenvalue weighted by molar-refractivity contribution is 6.35. The van der Waals surface area contributed by atoms with Crippen molar-refractivity contribution in [2.45, 2.75) is 46.1 Å². The fourth-order valence-corrected chi connectivity index (χ4v) is 3.89. The maximum atomic E-state index is 13.9. The van der Waals surface area contributed by atoms with Gasteiger partial charge in [0.05, 0.1) is 34.0 Å². The van der Waals surface area contributed by atoms with E-state index in [2.05, 4.69) is 9.97 Å². The Kier molecular flexibility index (Phi) is 6.83. The van der Waals surface area contributed by atoms with E-state index in [4.69, 9.17) is 11.6 Å². The zero-order valence-corrected chi connectivity index (χ0v) is 19.2. The van der Waals surface area contributed by atoms with Crippen LogP contribution in [0.2, 0.25) is 5.02 Å². The largest absolute Gasteiger partial charge is 0.465 e. The molecule has 3 rings (SSSR count). The molecule has 0 fully saturated rings. The predicted octanol–water partition coefficient (Wildman–Crippen LogP) is 4.92. The van der Waals surface area contributed by atoms with Gasteiger partial charge in [-0.05, 0) is 45.2 Å². The first-order valence-corrected chi connectivity index (χ1v) is 10.7. The molecule has 2 heterocycles. The third-order valence-corrected chi connectivity index (χ3v) is 5.60. The van der Waals surface area contributed by atoms with Gasteiger partial charge in [-0.25, -0.2) is 14.2 Å². The van der Waals surface area contributed by atoms with Gasteiger partial charge in [-0.15, -0.1) is 0 Å².